The Kier molecular flexibility index (Phi) is 6.06. The second kappa shape index (κ2) is 8.91. The van der Waals surface area contributed by atoms with Crippen LogP contribution < -0.4 is 10.1 Å². The number of rotatable bonds is 6. The average Bonchev–Trinajstić information content (AvgIpc) is 3.35. The molecular formula is C23H21ClN4O2S. The Morgan fingerprint density at radius 2 is 2.00 bits per heavy atom. The van der Waals surface area contributed by atoms with Gasteiger partial charge in [-0.25, -0.2) is 4.98 Å². The lowest BCUT2D eigenvalue weighted by Gasteiger charge is -2.04. The highest BCUT2D eigenvalue weighted by atomic mass is 35.5. The molecule has 31 heavy (non-hydrogen) atoms. The highest BCUT2D eigenvalue weighted by Gasteiger charge is 2.17. The second-order valence-electron chi connectivity index (χ2n) is 6.96. The van der Waals surface area contributed by atoms with Gasteiger partial charge in [-0.3, -0.25) is 9.48 Å². The van der Waals surface area contributed by atoms with Crippen molar-refractivity contribution in [2.24, 2.45) is 7.05 Å². The Morgan fingerprint density at radius 3 is 2.77 bits per heavy atom. The van der Waals surface area contributed by atoms with Crippen LogP contribution in [0, 0.1) is 6.92 Å². The quantitative estimate of drug-likeness (QED) is 0.441. The summed E-state index contributed by atoms with van der Waals surface area (Å²) in [6.07, 6.45) is 0. The molecule has 2 aromatic carbocycles. The highest BCUT2D eigenvalue weighted by Crippen LogP contribution is 2.32. The van der Waals surface area contributed by atoms with Crippen molar-refractivity contribution in [2.45, 2.75) is 13.5 Å². The van der Waals surface area contributed by atoms with Gasteiger partial charge in [-0.15, -0.1) is 11.3 Å². The van der Waals surface area contributed by atoms with Gasteiger partial charge in [-0.2, -0.15) is 5.10 Å². The lowest BCUT2D eigenvalue weighted by molar-refractivity contribution is 0.0942. The van der Waals surface area contributed by atoms with Gasteiger partial charge in [-0.05, 0) is 31.2 Å². The summed E-state index contributed by atoms with van der Waals surface area (Å²) in [6.45, 7) is 2.32. The first kappa shape index (κ1) is 21.1. The van der Waals surface area contributed by atoms with E-state index in [-0.39, 0.29) is 5.91 Å². The van der Waals surface area contributed by atoms with E-state index >= 15 is 0 Å². The molecule has 0 atom stereocenters. The molecule has 6 nitrogen and oxygen atoms in total. The van der Waals surface area contributed by atoms with Crippen LogP contribution in [-0.2, 0) is 13.6 Å². The zero-order valence-corrected chi connectivity index (χ0v) is 18.9. The molecule has 1 N–H and O–H groups in total. The van der Waals surface area contributed by atoms with Crippen LogP contribution in [0.2, 0.25) is 5.02 Å². The first-order valence-electron chi connectivity index (χ1n) is 9.64. The second-order valence-corrected chi connectivity index (χ2v) is 8.45. The van der Waals surface area contributed by atoms with E-state index in [2.05, 4.69) is 15.4 Å². The van der Waals surface area contributed by atoms with Gasteiger partial charge in [0.1, 0.15) is 16.5 Å². The van der Waals surface area contributed by atoms with Crippen molar-refractivity contribution < 1.29 is 9.53 Å². The zero-order valence-electron chi connectivity index (χ0n) is 17.3. The molecule has 0 fully saturated rings. The molecule has 0 bridgehead atoms. The van der Waals surface area contributed by atoms with Crippen molar-refractivity contribution in [3.8, 4) is 27.6 Å². The van der Waals surface area contributed by atoms with Crippen molar-refractivity contribution in [3.05, 3.63) is 75.9 Å². The summed E-state index contributed by atoms with van der Waals surface area (Å²) in [5.41, 5.74) is 3.84. The number of ether oxygens (including phenoxy) is 1. The minimum atomic E-state index is -0.198. The summed E-state index contributed by atoms with van der Waals surface area (Å²) >= 11 is 7.82. The van der Waals surface area contributed by atoms with Gasteiger partial charge in [0.2, 0.25) is 0 Å². The van der Waals surface area contributed by atoms with E-state index in [9.17, 15) is 4.79 Å². The Hall–Kier alpha value is -3.16. The summed E-state index contributed by atoms with van der Waals surface area (Å²) < 4.78 is 6.86. The fraction of sp³-hybridized carbons (Fsp3) is 0.174. The van der Waals surface area contributed by atoms with Crippen molar-refractivity contribution in [3.63, 3.8) is 0 Å². The number of amides is 1. The molecule has 0 aliphatic heterocycles. The van der Waals surface area contributed by atoms with Gasteiger partial charge in [0.05, 0.1) is 30.1 Å². The molecule has 0 saturated carbocycles. The fourth-order valence-corrected chi connectivity index (χ4v) is 4.52. The number of thiazole rings is 1. The maximum atomic E-state index is 12.8. The van der Waals surface area contributed by atoms with E-state index in [0.717, 1.165) is 32.5 Å². The zero-order chi connectivity index (χ0) is 22.0. The number of nitrogens with one attached hydrogen (secondary N) is 1. The monoisotopic (exact) mass is 452 g/mol. The number of hydrogen-bond donors (Lipinski definition) is 1. The number of benzene rings is 2. The molecule has 158 valence electrons. The van der Waals surface area contributed by atoms with Gasteiger partial charge in [0.15, 0.2) is 0 Å². The number of aromatic nitrogens is 3. The summed E-state index contributed by atoms with van der Waals surface area (Å²) in [5, 5.41) is 8.96. The SMILES string of the molecule is COc1cccc(-c2cc(C(=O)NCc3sc(-c4ccccc4Cl)nc3C)n(C)n2)c1. The van der Waals surface area contributed by atoms with Crippen LogP contribution in [0.15, 0.2) is 54.6 Å². The van der Waals surface area contributed by atoms with E-state index < -0.39 is 0 Å². The average molecular weight is 453 g/mol. The van der Waals surface area contributed by atoms with Crippen molar-refractivity contribution in [2.75, 3.05) is 7.11 Å². The van der Waals surface area contributed by atoms with Crippen molar-refractivity contribution >= 4 is 28.8 Å². The number of halogens is 1. The summed E-state index contributed by atoms with van der Waals surface area (Å²) in [7, 11) is 3.38. The molecule has 8 heteroatoms. The minimum Gasteiger partial charge on any atom is -0.497 e. The highest BCUT2D eigenvalue weighted by molar-refractivity contribution is 7.15. The van der Waals surface area contributed by atoms with Crippen LogP contribution in [-0.4, -0.2) is 27.8 Å². The van der Waals surface area contributed by atoms with E-state index in [1.165, 1.54) is 11.3 Å². The van der Waals surface area contributed by atoms with E-state index in [1.54, 1.807) is 24.9 Å². The van der Waals surface area contributed by atoms with Gasteiger partial charge < -0.3 is 10.1 Å². The summed E-state index contributed by atoms with van der Waals surface area (Å²) in [5.74, 6) is 0.542. The maximum absolute atomic E-state index is 12.8. The molecule has 4 aromatic rings. The maximum Gasteiger partial charge on any atom is 0.269 e. The first-order valence-corrected chi connectivity index (χ1v) is 10.8. The number of methoxy groups -OCH3 is 1. The molecule has 1 amide bonds. The smallest absolute Gasteiger partial charge is 0.269 e. The van der Waals surface area contributed by atoms with E-state index in [4.69, 9.17) is 16.3 Å². The van der Waals surface area contributed by atoms with Gasteiger partial charge in [-0.1, -0.05) is 41.9 Å². The largest absolute Gasteiger partial charge is 0.497 e. The fourth-order valence-electron chi connectivity index (χ4n) is 3.20. The Labute approximate surface area is 189 Å². The van der Waals surface area contributed by atoms with Crippen LogP contribution in [0.1, 0.15) is 21.1 Å². The lowest BCUT2D eigenvalue weighted by Crippen LogP contribution is -2.25. The molecule has 0 unspecified atom stereocenters. The third-order valence-electron chi connectivity index (χ3n) is 4.88. The van der Waals surface area contributed by atoms with Crippen molar-refractivity contribution in [1.29, 1.82) is 0 Å². The lowest BCUT2D eigenvalue weighted by atomic mass is 10.1. The molecular weight excluding hydrogens is 432 g/mol. The Morgan fingerprint density at radius 1 is 1.19 bits per heavy atom. The van der Waals surface area contributed by atoms with E-state index in [0.29, 0.717) is 23.0 Å². The van der Waals surface area contributed by atoms with Crippen LogP contribution in [0.25, 0.3) is 21.8 Å². The molecule has 4 rings (SSSR count). The number of hydrogen-bond acceptors (Lipinski definition) is 5. The van der Waals surface area contributed by atoms with Crippen LogP contribution >= 0.6 is 22.9 Å². The summed E-state index contributed by atoms with van der Waals surface area (Å²) in [4.78, 5) is 18.4. The van der Waals surface area contributed by atoms with Crippen LogP contribution in [0.3, 0.4) is 0 Å². The van der Waals surface area contributed by atoms with Gasteiger partial charge in [0, 0.05) is 23.1 Å². The predicted molar refractivity (Wildman–Crippen MR) is 124 cm³/mol. The third kappa shape index (κ3) is 4.47. The van der Waals surface area contributed by atoms with Gasteiger partial charge in [0.25, 0.3) is 5.91 Å². The molecule has 0 aliphatic rings. The molecule has 0 radical (unpaired) electrons. The predicted octanol–water partition coefficient (Wildman–Crippen LogP) is 5.11. The minimum absolute atomic E-state index is 0.198. The van der Waals surface area contributed by atoms with E-state index in [1.807, 2.05) is 55.5 Å². The Balaban J connectivity index is 1.50. The first-order chi connectivity index (χ1) is 15.0. The van der Waals surface area contributed by atoms with Crippen LogP contribution in [0.4, 0.5) is 0 Å². The topological polar surface area (TPSA) is 69.0 Å². The number of carbonyl (C=O) groups excluding carboxylic acids is 1. The third-order valence-corrected chi connectivity index (χ3v) is 6.40. The standard InChI is InChI=1S/C23H21ClN4O2S/c1-14-21(31-23(26-14)17-9-4-5-10-18(17)24)13-25-22(29)20-12-19(27-28(20)2)15-7-6-8-16(11-15)30-3/h4-12H,13H2,1-3H3,(H,25,29). The Bertz CT molecular complexity index is 1250. The normalized spacial score (nSPS) is 10.8. The molecule has 0 spiro atoms. The molecule has 2 aromatic heterocycles. The molecule has 0 aliphatic carbocycles. The number of nitrogens with zero attached hydrogens (tertiary/aromatic N) is 3. The number of carbonyl (C=O) groups is 1. The molecule has 0 saturated heterocycles. The van der Waals surface area contributed by atoms with Crippen molar-refractivity contribution in [1.82, 2.24) is 20.1 Å². The number of aryl methyl sites for hydroxylation is 2. The summed E-state index contributed by atoms with van der Waals surface area (Å²) in [6, 6.07) is 17.0. The van der Waals surface area contributed by atoms with Gasteiger partial charge >= 0.3 is 0 Å². The van der Waals surface area contributed by atoms with Crippen LogP contribution in [0.5, 0.6) is 5.75 Å². The molecule has 2 heterocycles.